The van der Waals surface area contributed by atoms with Crippen LogP contribution in [0.2, 0.25) is 0 Å². The first-order chi connectivity index (χ1) is 9.97. The van der Waals surface area contributed by atoms with Gasteiger partial charge in [-0.05, 0) is 0 Å². The third-order valence-corrected chi connectivity index (χ3v) is 3.14. The molecule has 0 aliphatic carbocycles. The van der Waals surface area contributed by atoms with Crippen LogP contribution in [0.15, 0.2) is 0 Å². The van der Waals surface area contributed by atoms with Crippen molar-refractivity contribution in [2.24, 2.45) is 0 Å². The summed E-state index contributed by atoms with van der Waals surface area (Å²) in [6, 6.07) is 0. The van der Waals surface area contributed by atoms with E-state index in [9.17, 15) is 4.79 Å². The van der Waals surface area contributed by atoms with Crippen LogP contribution in [-0.4, -0.2) is 79.8 Å². The minimum Gasteiger partial charge on any atom is -0.378 e. The highest BCUT2D eigenvalue weighted by atomic mass is 16.5. The highest BCUT2D eigenvalue weighted by Gasteiger charge is 2.18. The lowest BCUT2D eigenvalue weighted by molar-refractivity contribution is -0.127. The van der Waals surface area contributed by atoms with Gasteiger partial charge in [0.1, 0.15) is 0 Å². The van der Waals surface area contributed by atoms with E-state index in [1.807, 2.05) is 4.90 Å². The molecule has 1 aromatic heterocycles. The fraction of sp³-hybridized carbons (Fsp3) is 0.667. The van der Waals surface area contributed by atoms with Crippen molar-refractivity contribution in [2.75, 3.05) is 69.5 Å². The summed E-state index contributed by atoms with van der Waals surface area (Å²) in [5.74, 6) is 1.01. The summed E-state index contributed by atoms with van der Waals surface area (Å²) >= 11 is 0. The van der Waals surface area contributed by atoms with E-state index in [4.69, 9.17) is 10.5 Å². The van der Waals surface area contributed by atoms with E-state index < -0.39 is 0 Å². The Morgan fingerprint density at radius 2 is 1.90 bits per heavy atom. The molecule has 2 N–H and O–H groups in total. The molecule has 0 atom stereocenters. The van der Waals surface area contributed by atoms with Gasteiger partial charge in [0.2, 0.25) is 23.8 Å². The number of nitrogens with two attached hydrogens (primary N) is 1. The summed E-state index contributed by atoms with van der Waals surface area (Å²) in [5.41, 5.74) is 5.75. The molecule has 9 nitrogen and oxygen atoms in total. The van der Waals surface area contributed by atoms with Crippen LogP contribution >= 0.6 is 0 Å². The van der Waals surface area contributed by atoms with E-state index in [1.165, 1.54) is 4.90 Å². The number of nitrogens with zero attached hydrogens (tertiary/aromatic N) is 6. The number of anilines is 3. The minimum absolute atomic E-state index is 0.0376. The van der Waals surface area contributed by atoms with Crippen LogP contribution in [-0.2, 0) is 9.53 Å². The van der Waals surface area contributed by atoms with E-state index in [0.29, 0.717) is 38.2 Å². The summed E-state index contributed by atoms with van der Waals surface area (Å²) in [4.78, 5) is 29.6. The number of nitrogen functional groups attached to an aromatic ring is 1. The Kier molecular flexibility index (Phi) is 4.73. The van der Waals surface area contributed by atoms with Crippen LogP contribution in [0.1, 0.15) is 0 Å². The molecule has 0 bridgehead atoms. The van der Waals surface area contributed by atoms with Gasteiger partial charge < -0.3 is 25.2 Å². The lowest BCUT2D eigenvalue weighted by Gasteiger charge is -2.27. The molecule has 9 heteroatoms. The third-order valence-electron chi connectivity index (χ3n) is 3.14. The standard InChI is InChI=1S/C12H21N7O2/c1-17(2)9(20)8-18(3)11-14-10(13)15-12(16-11)19-4-6-21-7-5-19/h4-8H2,1-3H3,(H2,13,14,15,16). The van der Waals surface area contributed by atoms with E-state index >= 15 is 0 Å². The molecule has 1 aromatic rings. The Balaban J connectivity index is 2.15. The molecule has 2 heterocycles. The van der Waals surface area contributed by atoms with E-state index in [-0.39, 0.29) is 18.4 Å². The number of morpholine rings is 1. The van der Waals surface area contributed by atoms with Crippen molar-refractivity contribution in [3.63, 3.8) is 0 Å². The van der Waals surface area contributed by atoms with Crippen LogP contribution in [0.5, 0.6) is 0 Å². The van der Waals surface area contributed by atoms with Crippen molar-refractivity contribution in [1.29, 1.82) is 0 Å². The number of aromatic nitrogens is 3. The maximum atomic E-state index is 11.8. The van der Waals surface area contributed by atoms with Crippen molar-refractivity contribution < 1.29 is 9.53 Å². The zero-order chi connectivity index (χ0) is 15.4. The van der Waals surface area contributed by atoms with Crippen molar-refractivity contribution >= 4 is 23.8 Å². The maximum Gasteiger partial charge on any atom is 0.241 e. The highest BCUT2D eigenvalue weighted by molar-refractivity contribution is 5.80. The second-order valence-corrected chi connectivity index (χ2v) is 5.04. The summed E-state index contributed by atoms with van der Waals surface area (Å²) in [6.07, 6.45) is 0. The topological polar surface area (TPSA) is 101 Å². The van der Waals surface area contributed by atoms with Crippen molar-refractivity contribution in [3.8, 4) is 0 Å². The second kappa shape index (κ2) is 6.53. The van der Waals surface area contributed by atoms with Gasteiger partial charge in [0.25, 0.3) is 0 Å². The van der Waals surface area contributed by atoms with Gasteiger partial charge >= 0.3 is 0 Å². The SMILES string of the molecule is CN(C)C(=O)CN(C)c1nc(N)nc(N2CCOCC2)n1. The van der Waals surface area contributed by atoms with Gasteiger partial charge in [-0.3, -0.25) is 4.79 Å². The molecule has 2 rings (SSSR count). The fourth-order valence-electron chi connectivity index (χ4n) is 1.86. The zero-order valence-electron chi connectivity index (χ0n) is 12.6. The summed E-state index contributed by atoms with van der Waals surface area (Å²) in [7, 11) is 5.16. The van der Waals surface area contributed by atoms with E-state index in [2.05, 4.69) is 15.0 Å². The van der Waals surface area contributed by atoms with Crippen molar-refractivity contribution in [1.82, 2.24) is 19.9 Å². The maximum absolute atomic E-state index is 11.8. The molecule has 1 fully saturated rings. The number of carbonyl (C=O) groups is 1. The van der Waals surface area contributed by atoms with Crippen LogP contribution < -0.4 is 15.5 Å². The predicted octanol–water partition coefficient (Wildman–Crippen LogP) is -1.19. The molecule has 0 spiro atoms. The fourth-order valence-corrected chi connectivity index (χ4v) is 1.86. The van der Waals surface area contributed by atoms with Crippen molar-refractivity contribution in [3.05, 3.63) is 0 Å². The van der Waals surface area contributed by atoms with Gasteiger partial charge in [-0.2, -0.15) is 15.0 Å². The lowest BCUT2D eigenvalue weighted by atomic mass is 10.4. The van der Waals surface area contributed by atoms with Gasteiger partial charge in [0.05, 0.1) is 19.8 Å². The van der Waals surface area contributed by atoms with Gasteiger partial charge in [-0.25, -0.2) is 0 Å². The number of rotatable bonds is 4. The first-order valence-corrected chi connectivity index (χ1v) is 6.73. The Morgan fingerprint density at radius 1 is 1.24 bits per heavy atom. The lowest BCUT2D eigenvalue weighted by Crippen LogP contribution is -2.38. The number of carbonyl (C=O) groups excluding carboxylic acids is 1. The number of ether oxygens (including phenoxy) is 1. The summed E-state index contributed by atoms with van der Waals surface area (Å²) in [6.45, 7) is 2.87. The average Bonchev–Trinajstić information content (AvgIpc) is 2.47. The number of amides is 1. The molecule has 116 valence electrons. The average molecular weight is 295 g/mol. The molecule has 0 unspecified atom stereocenters. The summed E-state index contributed by atoms with van der Waals surface area (Å²) < 4.78 is 5.30. The number of likely N-dealkylation sites (N-methyl/N-ethyl adjacent to an activating group) is 2. The smallest absolute Gasteiger partial charge is 0.241 e. The van der Waals surface area contributed by atoms with Crippen LogP contribution in [0.3, 0.4) is 0 Å². The Labute approximate surface area is 123 Å². The quantitative estimate of drug-likeness (QED) is 0.740. The van der Waals surface area contributed by atoms with Gasteiger partial charge in [-0.15, -0.1) is 0 Å². The third kappa shape index (κ3) is 3.91. The monoisotopic (exact) mass is 295 g/mol. The molecule has 0 aromatic carbocycles. The zero-order valence-corrected chi connectivity index (χ0v) is 12.6. The molecular formula is C12H21N7O2. The second-order valence-electron chi connectivity index (χ2n) is 5.04. The number of hydrogen-bond donors (Lipinski definition) is 1. The molecule has 1 saturated heterocycles. The predicted molar refractivity (Wildman–Crippen MR) is 79.2 cm³/mol. The Bertz CT molecular complexity index is 502. The molecule has 1 amide bonds. The molecule has 0 saturated carbocycles. The van der Waals surface area contributed by atoms with E-state index in [1.54, 1.807) is 26.0 Å². The van der Waals surface area contributed by atoms with Gasteiger partial charge in [-0.1, -0.05) is 0 Å². The normalized spacial score (nSPS) is 14.9. The number of hydrogen-bond acceptors (Lipinski definition) is 8. The minimum atomic E-state index is -0.0376. The largest absolute Gasteiger partial charge is 0.378 e. The molecule has 21 heavy (non-hydrogen) atoms. The first-order valence-electron chi connectivity index (χ1n) is 6.73. The van der Waals surface area contributed by atoms with Crippen LogP contribution in [0.25, 0.3) is 0 Å². The molecule has 1 aliphatic rings. The molecule has 1 aliphatic heterocycles. The first kappa shape index (κ1) is 15.2. The molecular weight excluding hydrogens is 274 g/mol. The summed E-state index contributed by atoms with van der Waals surface area (Å²) in [5, 5.41) is 0. The van der Waals surface area contributed by atoms with Crippen LogP contribution in [0.4, 0.5) is 17.8 Å². The van der Waals surface area contributed by atoms with Crippen molar-refractivity contribution in [2.45, 2.75) is 0 Å². The Morgan fingerprint density at radius 3 is 2.52 bits per heavy atom. The van der Waals surface area contributed by atoms with Crippen LogP contribution in [0, 0.1) is 0 Å². The highest BCUT2D eigenvalue weighted by Crippen LogP contribution is 2.15. The molecule has 0 radical (unpaired) electrons. The van der Waals surface area contributed by atoms with Gasteiger partial charge in [0.15, 0.2) is 0 Å². The van der Waals surface area contributed by atoms with Gasteiger partial charge in [0, 0.05) is 34.2 Å². The van der Waals surface area contributed by atoms with E-state index in [0.717, 1.165) is 0 Å². The Hall–Kier alpha value is -2.16.